The molecule has 3 N–H and O–H groups in total. The molecule has 0 saturated carbocycles. The van der Waals surface area contributed by atoms with Crippen molar-refractivity contribution in [3.63, 3.8) is 0 Å². The van der Waals surface area contributed by atoms with Crippen LogP contribution in [0.25, 0.3) is 0 Å². The van der Waals surface area contributed by atoms with Gasteiger partial charge in [0.25, 0.3) is 0 Å². The molecule has 0 unspecified atom stereocenters. The molecule has 0 radical (unpaired) electrons. The molecule has 2 heteroatoms. The molecule has 0 aliphatic rings. The Hall–Kier alpha value is -1.18. The summed E-state index contributed by atoms with van der Waals surface area (Å²) in [7, 11) is 0. The predicted octanol–water partition coefficient (Wildman–Crippen LogP) is 2.24. The number of rotatable bonds is 2. The number of aryl methyl sites for hydroxylation is 2. The fourth-order valence-corrected chi connectivity index (χ4v) is 1.32. The summed E-state index contributed by atoms with van der Waals surface area (Å²) in [4.78, 5) is 0. The zero-order chi connectivity index (χ0) is 9.14. The smallest absolute Gasteiger partial charge is 0.141 e. The number of hydrogen-bond donors (Lipinski definition) is 2. The van der Waals surface area contributed by atoms with E-state index in [1.54, 1.807) is 0 Å². The highest BCUT2D eigenvalue weighted by Gasteiger charge is 2.02. The minimum absolute atomic E-state index is 0.217. The summed E-state index contributed by atoms with van der Waals surface area (Å²) in [5.74, 6) is 0.217. The summed E-state index contributed by atoms with van der Waals surface area (Å²) in [5.41, 5.74) is 8.15. The van der Waals surface area contributed by atoms with Gasteiger partial charge < -0.3 is 10.8 Å². The Kier molecular flexibility index (Phi) is 2.58. The first-order valence-corrected chi connectivity index (χ1v) is 4.23. The van der Waals surface area contributed by atoms with Gasteiger partial charge in [-0.15, -0.1) is 0 Å². The molecule has 0 amide bonds. The summed E-state index contributed by atoms with van der Waals surface area (Å²) >= 11 is 0. The molecule has 66 valence electrons. The third-order valence-corrected chi connectivity index (χ3v) is 1.93. The maximum absolute atomic E-state index is 9.37. The van der Waals surface area contributed by atoms with Crippen LogP contribution in [0.5, 0.6) is 5.75 Å². The third kappa shape index (κ3) is 1.70. The lowest BCUT2D eigenvalue weighted by molar-refractivity contribution is 0.473. The largest absolute Gasteiger partial charge is 0.506 e. The summed E-state index contributed by atoms with van der Waals surface area (Å²) in [6, 6.07) is 3.82. The number of aromatic hydroxyl groups is 1. The Morgan fingerprint density at radius 1 is 1.42 bits per heavy atom. The standard InChI is InChI=1S/C10H15NO/c1-3-4-8-5-7(2)10(12)9(11)6-8/h5-6,12H,3-4,11H2,1-2H3. The van der Waals surface area contributed by atoms with Crippen molar-refractivity contribution in [2.24, 2.45) is 0 Å². The van der Waals surface area contributed by atoms with Gasteiger partial charge in [-0.3, -0.25) is 0 Å². The van der Waals surface area contributed by atoms with E-state index in [0.29, 0.717) is 5.69 Å². The van der Waals surface area contributed by atoms with Gasteiger partial charge in [-0.1, -0.05) is 19.4 Å². The second-order valence-electron chi connectivity index (χ2n) is 3.10. The first kappa shape index (κ1) is 8.91. The Labute approximate surface area is 73.0 Å². The highest BCUT2D eigenvalue weighted by atomic mass is 16.3. The van der Waals surface area contributed by atoms with Crippen molar-refractivity contribution in [2.75, 3.05) is 5.73 Å². The molecule has 0 spiro atoms. The fourth-order valence-electron chi connectivity index (χ4n) is 1.32. The lowest BCUT2D eigenvalue weighted by atomic mass is 10.1. The lowest BCUT2D eigenvalue weighted by Gasteiger charge is -2.06. The van der Waals surface area contributed by atoms with Crippen molar-refractivity contribution in [3.05, 3.63) is 23.3 Å². The molecular formula is C10H15NO. The van der Waals surface area contributed by atoms with E-state index in [9.17, 15) is 5.11 Å². The number of hydrogen-bond acceptors (Lipinski definition) is 2. The molecule has 0 aliphatic heterocycles. The van der Waals surface area contributed by atoms with Gasteiger partial charge in [0.2, 0.25) is 0 Å². The molecule has 1 aromatic carbocycles. The summed E-state index contributed by atoms with van der Waals surface area (Å²) in [6.45, 7) is 3.99. The van der Waals surface area contributed by atoms with Crippen LogP contribution < -0.4 is 5.73 Å². The molecule has 0 aromatic heterocycles. The van der Waals surface area contributed by atoms with E-state index in [-0.39, 0.29) is 5.75 Å². The molecule has 0 saturated heterocycles. The molecule has 0 heterocycles. The summed E-state index contributed by atoms with van der Waals surface area (Å²) < 4.78 is 0. The molecule has 0 fully saturated rings. The van der Waals surface area contributed by atoms with E-state index < -0.39 is 0 Å². The first-order valence-electron chi connectivity index (χ1n) is 4.23. The number of anilines is 1. The number of phenolic OH excluding ortho intramolecular Hbond substituents is 1. The van der Waals surface area contributed by atoms with Crippen molar-refractivity contribution in [1.29, 1.82) is 0 Å². The number of nitrogen functional groups attached to an aromatic ring is 1. The van der Waals surface area contributed by atoms with Crippen molar-refractivity contribution < 1.29 is 5.11 Å². The van der Waals surface area contributed by atoms with E-state index in [2.05, 4.69) is 6.92 Å². The molecule has 12 heavy (non-hydrogen) atoms. The first-order chi connectivity index (χ1) is 5.65. The summed E-state index contributed by atoms with van der Waals surface area (Å²) in [6.07, 6.45) is 2.12. The lowest BCUT2D eigenvalue weighted by Crippen LogP contribution is -1.92. The molecule has 0 aliphatic carbocycles. The SMILES string of the molecule is CCCc1cc(C)c(O)c(N)c1. The maximum atomic E-state index is 9.37. The van der Waals surface area contributed by atoms with Crippen molar-refractivity contribution in [1.82, 2.24) is 0 Å². The van der Waals surface area contributed by atoms with Gasteiger partial charge in [0, 0.05) is 0 Å². The van der Waals surface area contributed by atoms with Crippen LogP contribution >= 0.6 is 0 Å². The van der Waals surface area contributed by atoms with Gasteiger partial charge in [0.1, 0.15) is 5.75 Å². The van der Waals surface area contributed by atoms with Gasteiger partial charge in [0.15, 0.2) is 0 Å². The quantitative estimate of drug-likeness (QED) is 0.521. The van der Waals surface area contributed by atoms with Gasteiger partial charge >= 0.3 is 0 Å². The monoisotopic (exact) mass is 165 g/mol. The average molecular weight is 165 g/mol. The van der Waals surface area contributed by atoms with Gasteiger partial charge in [-0.25, -0.2) is 0 Å². The normalized spacial score (nSPS) is 10.2. The number of nitrogens with two attached hydrogens (primary N) is 1. The van der Waals surface area contributed by atoms with Crippen LogP contribution in [-0.4, -0.2) is 5.11 Å². The Morgan fingerprint density at radius 2 is 2.08 bits per heavy atom. The van der Waals surface area contributed by atoms with Gasteiger partial charge in [0.05, 0.1) is 5.69 Å². The molecule has 2 nitrogen and oxygen atoms in total. The van der Waals surface area contributed by atoms with Crippen LogP contribution in [0.3, 0.4) is 0 Å². The van der Waals surface area contributed by atoms with E-state index in [0.717, 1.165) is 18.4 Å². The van der Waals surface area contributed by atoms with E-state index in [1.807, 2.05) is 19.1 Å². The number of phenols is 1. The third-order valence-electron chi connectivity index (χ3n) is 1.93. The second kappa shape index (κ2) is 3.48. The Bertz CT molecular complexity index is 258. The maximum Gasteiger partial charge on any atom is 0.141 e. The van der Waals surface area contributed by atoms with E-state index >= 15 is 0 Å². The topological polar surface area (TPSA) is 46.2 Å². The minimum Gasteiger partial charge on any atom is -0.506 e. The van der Waals surface area contributed by atoms with Crippen LogP contribution in [0.1, 0.15) is 24.5 Å². The summed E-state index contributed by atoms with van der Waals surface area (Å²) in [5, 5.41) is 9.37. The Morgan fingerprint density at radius 3 is 2.58 bits per heavy atom. The van der Waals surface area contributed by atoms with Crippen molar-refractivity contribution in [2.45, 2.75) is 26.7 Å². The van der Waals surface area contributed by atoms with Crippen molar-refractivity contribution >= 4 is 5.69 Å². The van der Waals surface area contributed by atoms with Gasteiger partial charge in [-0.05, 0) is 30.5 Å². The van der Waals surface area contributed by atoms with Crippen LogP contribution in [0.15, 0.2) is 12.1 Å². The molecular weight excluding hydrogens is 150 g/mol. The fraction of sp³-hybridized carbons (Fsp3) is 0.400. The van der Waals surface area contributed by atoms with Gasteiger partial charge in [-0.2, -0.15) is 0 Å². The average Bonchev–Trinajstić information content (AvgIpc) is 2.01. The predicted molar refractivity (Wildman–Crippen MR) is 51.3 cm³/mol. The van der Waals surface area contributed by atoms with E-state index in [1.165, 1.54) is 5.56 Å². The van der Waals surface area contributed by atoms with Crippen LogP contribution in [0.2, 0.25) is 0 Å². The highest BCUT2D eigenvalue weighted by Crippen LogP contribution is 2.26. The van der Waals surface area contributed by atoms with E-state index in [4.69, 9.17) is 5.73 Å². The van der Waals surface area contributed by atoms with Crippen molar-refractivity contribution in [3.8, 4) is 5.75 Å². The molecule has 0 atom stereocenters. The van der Waals surface area contributed by atoms with Crippen LogP contribution in [0.4, 0.5) is 5.69 Å². The molecule has 0 bridgehead atoms. The zero-order valence-corrected chi connectivity index (χ0v) is 7.59. The highest BCUT2D eigenvalue weighted by molar-refractivity contribution is 5.57. The molecule has 1 rings (SSSR count). The minimum atomic E-state index is 0.217. The Balaban J connectivity index is 3.04. The van der Waals surface area contributed by atoms with Crippen LogP contribution in [0, 0.1) is 6.92 Å². The van der Waals surface area contributed by atoms with Crippen LogP contribution in [-0.2, 0) is 6.42 Å². The zero-order valence-electron chi connectivity index (χ0n) is 7.59. The number of benzene rings is 1. The second-order valence-corrected chi connectivity index (χ2v) is 3.10. The molecule has 1 aromatic rings.